The Kier molecular flexibility index (Phi) is 3.98. The Labute approximate surface area is 169 Å². The zero-order valence-corrected chi connectivity index (χ0v) is 16.3. The summed E-state index contributed by atoms with van der Waals surface area (Å²) >= 11 is 0. The van der Waals surface area contributed by atoms with Gasteiger partial charge >= 0.3 is 5.97 Å². The van der Waals surface area contributed by atoms with Gasteiger partial charge in [0.15, 0.2) is 0 Å². The highest BCUT2D eigenvalue weighted by Crippen LogP contribution is 2.49. The van der Waals surface area contributed by atoms with Crippen molar-refractivity contribution in [1.82, 2.24) is 4.90 Å². The normalized spacial score (nSPS) is 23.1. The third kappa shape index (κ3) is 2.66. The van der Waals surface area contributed by atoms with Gasteiger partial charge in [0.25, 0.3) is 5.91 Å². The van der Waals surface area contributed by atoms with Gasteiger partial charge in [0.05, 0.1) is 11.3 Å². The number of aryl methyl sites for hydroxylation is 1. The zero-order chi connectivity index (χ0) is 20.2. The molecule has 0 aromatic heterocycles. The van der Waals surface area contributed by atoms with E-state index in [0.717, 1.165) is 24.0 Å². The maximum atomic E-state index is 13.5. The molecule has 5 rings (SSSR count). The lowest BCUT2D eigenvalue weighted by atomic mass is 9.96. The molecule has 148 valence electrons. The third-order valence-corrected chi connectivity index (χ3v) is 5.99. The molecule has 2 fully saturated rings. The molecule has 6 heteroatoms. The summed E-state index contributed by atoms with van der Waals surface area (Å²) in [4.78, 5) is 42.9. The molecule has 6 nitrogen and oxygen atoms in total. The predicted molar refractivity (Wildman–Crippen MR) is 106 cm³/mol. The van der Waals surface area contributed by atoms with Crippen LogP contribution in [0, 0.1) is 6.92 Å². The van der Waals surface area contributed by atoms with Crippen molar-refractivity contribution >= 4 is 23.5 Å². The highest BCUT2D eigenvalue weighted by atomic mass is 16.5. The largest absolute Gasteiger partial charge is 0.458 e. The van der Waals surface area contributed by atoms with Crippen molar-refractivity contribution in [3.05, 3.63) is 65.2 Å². The Morgan fingerprint density at radius 3 is 2.69 bits per heavy atom. The van der Waals surface area contributed by atoms with E-state index in [2.05, 4.69) is 0 Å². The molecule has 2 heterocycles. The van der Waals surface area contributed by atoms with E-state index in [4.69, 9.17) is 4.74 Å². The monoisotopic (exact) mass is 390 g/mol. The number of fused-ring (bicyclic) bond motifs is 3. The Morgan fingerprint density at radius 1 is 1.14 bits per heavy atom. The number of esters is 1. The molecular weight excluding hydrogens is 368 g/mol. The van der Waals surface area contributed by atoms with Crippen molar-refractivity contribution in [3.8, 4) is 0 Å². The van der Waals surface area contributed by atoms with Gasteiger partial charge in [0.2, 0.25) is 11.6 Å². The lowest BCUT2D eigenvalue weighted by Crippen LogP contribution is -2.69. The molecule has 2 aromatic carbocycles. The Bertz CT molecular complexity index is 1030. The molecule has 29 heavy (non-hydrogen) atoms. The molecule has 2 amide bonds. The number of hydrogen-bond donors (Lipinski definition) is 0. The molecule has 0 radical (unpaired) electrons. The Morgan fingerprint density at radius 2 is 1.93 bits per heavy atom. The summed E-state index contributed by atoms with van der Waals surface area (Å²) in [5.74, 6) is -0.871. The van der Waals surface area contributed by atoms with E-state index in [1.807, 2.05) is 31.2 Å². The number of para-hydroxylation sites is 1. The summed E-state index contributed by atoms with van der Waals surface area (Å²) in [7, 11) is 0. The molecule has 0 unspecified atom stereocenters. The van der Waals surface area contributed by atoms with Crippen LogP contribution in [0.5, 0.6) is 0 Å². The second-order valence-electron chi connectivity index (χ2n) is 8.03. The molecule has 0 N–H and O–H groups in total. The molecule has 1 aliphatic carbocycles. The van der Waals surface area contributed by atoms with E-state index in [9.17, 15) is 14.4 Å². The minimum atomic E-state index is -1.38. The molecule has 3 aliphatic rings. The number of hydrogen-bond acceptors (Lipinski definition) is 4. The first-order valence-electron chi connectivity index (χ1n) is 10.0. The fraction of sp³-hybridized carbons (Fsp3) is 0.348. The maximum absolute atomic E-state index is 13.5. The number of rotatable bonds is 4. The second-order valence-corrected chi connectivity index (χ2v) is 8.03. The maximum Gasteiger partial charge on any atom is 0.354 e. The van der Waals surface area contributed by atoms with Gasteiger partial charge < -0.3 is 9.64 Å². The summed E-state index contributed by atoms with van der Waals surface area (Å²) < 4.78 is 5.72. The van der Waals surface area contributed by atoms with Gasteiger partial charge in [-0.15, -0.1) is 0 Å². The van der Waals surface area contributed by atoms with Gasteiger partial charge in [-0.05, 0) is 37.5 Å². The first-order chi connectivity index (χ1) is 14.0. The Hall–Kier alpha value is -3.15. The topological polar surface area (TPSA) is 66.9 Å². The van der Waals surface area contributed by atoms with Crippen molar-refractivity contribution in [3.63, 3.8) is 0 Å². The number of ether oxygens (including phenoxy) is 1. The van der Waals surface area contributed by atoms with Crippen LogP contribution in [0.25, 0.3) is 0 Å². The average Bonchev–Trinajstić information content (AvgIpc) is 3.49. The lowest BCUT2D eigenvalue weighted by Gasteiger charge is -2.48. The summed E-state index contributed by atoms with van der Waals surface area (Å²) in [5.41, 5.74) is 1.55. The number of carbonyl (C=O) groups is 3. The van der Waals surface area contributed by atoms with Gasteiger partial charge in [-0.25, -0.2) is 4.79 Å². The van der Waals surface area contributed by atoms with Crippen LogP contribution in [0.1, 0.15) is 47.2 Å². The van der Waals surface area contributed by atoms with E-state index in [0.29, 0.717) is 11.3 Å². The number of anilines is 1. The summed E-state index contributed by atoms with van der Waals surface area (Å²) in [6.45, 7) is 2.09. The molecule has 1 saturated carbocycles. The van der Waals surface area contributed by atoms with Gasteiger partial charge in [0, 0.05) is 18.9 Å². The number of amides is 2. The minimum absolute atomic E-state index is 0.0317. The van der Waals surface area contributed by atoms with Crippen molar-refractivity contribution in [2.24, 2.45) is 0 Å². The minimum Gasteiger partial charge on any atom is -0.458 e. The van der Waals surface area contributed by atoms with Gasteiger partial charge in [-0.3, -0.25) is 14.5 Å². The number of benzene rings is 2. The second kappa shape index (κ2) is 6.44. The van der Waals surface area contributed by atoms with Crippen molar-refractivity contribution in [2.75, 3.05) is 4.90 Å². The van der Waals surface area contributed by atoms with Crippen LogP contribution < -0.4 is 4.90 Å². The van der Waals surface area contributed by atoms with Crippen LogP contribution in [0.15, 0.2) is 48.5 Å². The molecular formula is C23H22N2O4. The molecule has 2 aliphatic heterocycles. The molecule has 1 atom stereocenters. The molecule has 1 saturated heterocycles. The highest BCUT2D eigenvalue weighted by molar-refractivity contribution is 6.15. The standard InChI is InChI=1S/C23H22N2O4/c1-15-5-4-6-16(13-15)14-29-22(28)23-12-11-20(26)25(23)19-8-3-2-7-18(19)21(27)24(23)17-9-10-17/h2-8,13,17H,9-12,14H2,1H3/t23-/m1/s1. The van der Waals surface area contributed by atoms with Gasteiger partial charge in [-0.1, -0.05) is 42.0 Å². The van der Waals surface area contributed by atoms with Crippen LogP contribution >= 0.6 is 0 Å². The Balaban J connectivity index is 1.55. The first kappa shape index (κ1) is 17.9. The van der Waals surface area contributed by atoms with Gasteiger partial charge in [0.1, 0.15) is 6.61 Å². The van der Waals surface area contributed by atoms with Crippen molar-refractivity contribution in [1.29, 1.82) is 0 Å². The van der Waals surface area contributed by atoms with Crippen molar-refractivity contribution in [2.45, 2.75) is 50.9 Å². The summed E-state index contributed by atoms with van der Waals surface area (Å²) in [6.07, 6.45) is 2.14. The van der Waals surface area contributed by atoms with E-state index in [-0.39, 0.29) is 37.3 Å². The van der Waals surface area contributed by atoms with E-state index in [1.54, 1.807) is 29.2 Å². The fourth-order valence-electron chi connectivity index (χ4n) is 4.58. The molecule has 0 bridgehead atoms. The van der Waals surface area contributed by atoms with Crippen LogP contribution in [0.3, 0.4) is 0 Å². The van der Waals surface area contributed by atoms with Crippen LogP contribution in [-0.2, 0) is 20.9 Å². The quantitative estimate of drug-likeness (QED) is 0.752. The smallest absolute Gasteiger partial charge is 0.354 e. The van der Waals surface area contributed by atoms with E-state index in [1.165, 1.54) is 4.90 Å². The summed E-state index contributed by atoms with van der Waals surface area (Å²) in [6, 6.07) is 14.8. The van der Waals surface area contributed by atoms with Crippen molar-refractivity contribution < 1.29 is 19.1 Å². The number of nitrogens with zero attached hydrogens (tertiary/aromatic N) is 2. The fourth-order valence-corrected chi connectivity index (χ4v) is 4.58. The predicted octanol–water partition coefficient (Wildman–Crippen LogP) is 3.18. The highest BCUT2D eigenvalue weighted by Gasteiger charge is 2.64. The SMILES string of the molecule is Cc1cccc(COC(=O)[C@@]23CCC(=O)N2c2ccccc2C(=O)N3C2CC2)c1. The third-order valence-electron chi connectivity index (χ3n) is 5.99. The number of carbonyl (C=O) groups excluding carboxylic acids is 3. The van der Waals surface area contributed by atoms with Gasteiger partial charge in [-0.2, -0.15) is 0 Å². The van der Waals surface area contributed by atoms with E-state index < -0.39 is 11.6 Å². The summed E-state index contributed by atoms with van der Waals surface area (Å²) in [5, 5.41) is 0. The zero-order valence-electron chi connectivity index (χ0n) is 16.3. The molecule has 0 spiro atoms. The molecule has 2 aromatic rings. The van der Waals surface area contributed by atoms with Crippen LogP contribution in [0.2, 0.25) is 0 Å². The van der Waals surface area contributed by atoms with E-state index >= 15 is 0 Å². The lowest BCUT2D eigenvalue weighted by molar-refractivity contribution is -0.159. The van der Waals surface area contributed by atoms with Crippen LogP contribution in [0.4, 0.5) is 5.69 Å². The van der Waals surface area contributed by atoms with Crippen LogP contribution in [-0.4, -0.2) is 34.4 Å². The first-order valence-corrected chi connectivity index (χ1v) is 10.0. The average molecular weight is 390 g/mol.